The van der Waals surface area contributed by atoms with Crippen LogP contribution in [-0.4, -0.2) is 10.5 Å². The number of amides is 1. The molecule has 1 aromatic carbocycles. The SMILES string of the molecule is C#Cc1cccc(NC(=O)c2cc(Br)cn2CCC)c1. The van der Waals surface area contributed by atoms with E-state index in [2.05, 4.69) is 34.1 Å². The summed E-state index contributed by atoms with van der Waals surface area (Å²) >= 11 is 3.40. The first-order chi connectivity index (χ1) is 9.63. The third-order valence-corrected chi connectivity index (χ3v) is 3.28. The fourth-order valence-corrected chi connectivity index (χ4v) is 2.44. The standard InChI is InChI=1S/C16H15BrN2O/c1-3-8-19-11-13(17)10-15(19)16(20)18-14-7-5-6-12(4-2)9-14/h2,5-7,9-11H,3,8H2,1H3,(H,18,20). The van der Waals surface area contributed by atoms with E-state index in [0.29, 0.717) is 11.4 Å². The van der Waals surface area contributed by atoms with Gasteiger partial charge in [0.2, 0.25) is 0 Å². The van der Waals surface area contributed by atoms with Crippen molar-refractivity contribution in [3.8, 4) is 12.3 Å². The Morgan fingerprint density at radius 3 is 2.95 bits per heavy atom. The minimum absolute atomic E-state index is 0.140. The summed E-state index contributed by atoms with van der Waals surface area (Å²) in [7, 11) is 0. The largest absolute Gasteiger partial charge is 0.342 e. The predicted molar refractivity (Wildman–Crippen MR) is 84.8 cm³/mol. The van der Waals surface area contributed by atoms with E-state index in [1.54, 1.807) is 6.07 Å². The maximum atomic E-state index is 12.3. The zero-order chi connectivity index (χ0) is 14.5. The van der Waals surface area contributed by atoms with Crippen molar-refractivity contribution in [3.05, 3.63) is 52.3 Å². The van der Waals surface area contributed by atoms with Crippen molar-refractivity contribution in [3.63, 3.8) is 0 Å². The zero-order valence-corrected chi connectivity index (χ0v) is 12.8. The van der Waals surface area contributed by atoms with Crippen molar-refractivity contribution < 1.29 is 4.79 Å². The highest BCUT2D eigenvalue weighted by Crippen LogP contribution is 2.18. The highest BCUT2D eigenvalue weighted by Gasteiger charge is 2.13. The second-order valence-corrected chi connectivity index (χ2v) is 5.33. The van der Waals surface area contributed by atoms with Crippen LogP contribution in [0.15, 0.2) is 41.0 Å². The van der Waals surface area contributed by atoms with Crippen LogP contribution < -0.4 is 5.32 Å². The molecule has 0 unspecified atom stereocenters. The predicted octanol–water partition coefficient (Wildman–Crippen LogP) is 3.89. The van der Waals surface area contributed by atoms with Gasteiger partial charge < -0.3 is 9.88 Å². The lowest BCUT2D eigenvalue weighted by molar-refractivity contribution is 0.101. The van der Waals surface area contributed by atoms with Crippen molar-refractivity contribution in [2.45, 2.75) is 19.9 Å². The van der Waals surface area contributed by atoms with Crippen LogP contribution in [0.25, 0.3) is 0 Å². The number of nitrogens with zero attached hydrogens (tertiary/aromatic N) is 1. The molecule has 0 aliphatic heterocycles. The Hall–Kier alpha value is -1.99. The lowest BCUT2D eigenvalue weighted by atomic mass is 10.2. The van der Waals surface area contributed by atoms with E-state index in [1.165, 1.54) is 0 Å². The van der Waals surface area contributed by atoms with E-state index in [1.807, 2.05) is 35.0 Å². The number of terminal acetylenes is 1. The number of rotatable bonds is 4. The summed E-state index contributed by atoms with van der Waals surface area (Å²) in [4.78, 5) is 12.3. The van der Waals surface area contributed by atoms with Crippen molar-refractivity contribution in [2.24, 2.45) is 0 Å². The first kappa shape index (κ1) is 14.4. The summed E-state index contributed by atoms with van der Waals surface area (Å²) in [6.45, 7) is 2.88. The Balaban J connectivity index is 2.21. The van der Waals surface area contributed by atoms with E-state index in [4.69, 9.17) is 6.42 Å². The molecule has 2 rings (SSSR count). The minimum atomic E-state index is -0.140. The van der Waals surface area contributed by atoms with Crippen molar-refractivity contribution in [1.82, 2.24) is 4.57 Å². The fraction of sp³-hybridized carbons (Fsp3) is 0.188. The monoisotopic (exact) mass is 330 g/mol. The Morgan fingerprint density at radius 2 is 2.25 bits per heavy atom. The number of hydrogen-bond donors (Lipinski definition) is 1. The van der Waals surface area contributed by atoms with Gasteiger partial charge in [-0.3, -0.25) is 4.79 Å². The van der Waals surface area contributed by atoms with E-state index in [-0.39, 0.29) is 5.91 Å². The molecule has 102 valence electrons. The molecule has 0 spiro atoms. The van der Waals surface area contributed by atoms with Crippen LogP contribution in [0.5, 0.6) is 0 Å². The normalized spacial score (nSPS) is 10.1. The summed E-state index contributed by atoms with van der Waals surface area (Å²) in [5, 5.41) is 2.87. The smallest absolute Gasteiger partial charge is 0.272 e. The molecular formula is C16H15BrN2O. The molecule has 0 atom stereocenters. The van der Waals surface area contributed by atoms with E-state index < -0.39 is 0 Å². The van der Waals surface area contributed by atoms with Crippen LogP contribution in [0.4, 0.5) is 5.69 Å². The molecule has 0 saturated heterocycles. The van der Waals surface area contributed by atoms with Crippen molar-refractivity contribution in [1.29, 1.82) is 0 Å². The summed E-state index contributed by atoms with van der Waals surface area (Å²) in [5.41, 5.74) is 2.07. The number of carbonyl (C=O) groups excluding carboxylic acids is 1. The molecule has 0 fully saturated rings. The molecule has 3 nitrogen and oxygen atoms in total. The second kappa shape index (κ2) is 6.44. The van der Waals surface area contributed by atoms with Gasteiger partial charge >= 0.3 is 0 Å². The number of halogens is 1. The first-order valence-electron chi connectivity index (χ1n) is 6.37. The van der Waals surface area contributed by atoms with E-state index in [9.17, 15) is 4.79 Å². The van der Waals surface area contributed by atoms with Gasteiger partial charge in [-0.2, -0.15) is 0 Å². The third-order valence-electron chi connectivity index (χ3n) is 2.85. The van der Waals surface area contributed by atoms with Gasteiger partial charge in [-0.05, 0) is 46.6 Å². The highest BCUT2D eigenvalue weighted by atomic mass is 79.9. The van der Waals surface area contributed by atoms with Gasteiger partial charge in [-0.15, -0.1) is 6.42 Å². The molecule has 1 amide bonds. The Kier molecular flexibility index (Phi) is 4.65. The van der Waals surface area contributed by atoms with Gasteiger partial charge in [0, 0.05) is 28.5 Å². The second-order valence-electron chi connectivity index (χ2n) is 4.42. The van der Waals surface area contributed by atoms with Gasteiger partial charge in [0.1, 0.15) is 5.69 Å². The lowest BCUT2D eigenvalue weighted by Gasteiger charge is -2.09. The maximum absolute atomic E-state index is 12.3. The van der Waals surface area contributed by atoms with Crippen molar-refractivity contribution >= 4 is 27.5 Å². The number of nitrogens with one attached hydrogen (secondary N) is 1. The quantitative estimate of drug-likeness (QED) is 0.847. The van der Waals surface area contributed by atoms with E-state index in [0.717, 1.165) is 23.0 Å². The van der Waals surface area contributed by atoms with Gasteiger partial charge in [0.05, 0.1) is 0 Å². The average Bonchev–Trinajstić information content (AvgIpc) is 2.80. The molecule has 0 saturated carbocycles. The molecule has 20 heavy (non-hydrogen) atoms. The molecule has 2 aromatic rings. The summed E-state index contributed by atoms with van der Waals surface area (Å²) in [5.74, 6) is 2.41. The molecule has 0 radical (unpaired) electrons. The average molecular weight is 331 g/mol. The summed E-state index contributed by atoms with van der Waals surface area (Å²) in [6, 6.07) is 9.06. The van der Waals surface area contributed by atoms with Crippen LogP contribution in [0, 0.1) is 12.3 Å². The number of hydrogen-bond acceptors (Lipinski definition) is 1. The molecule has 1 N–H and O–H groups in total. The van der Waals surface area contributed by atoms with Crippen LogP contribution in [0.1, 0.15) is 29.4 Å². The highest BCUT2D eigenvalue weighted by molar-refractivity contribution is 9.10. The fourth-order valence-electron chi connectivity index (χ4n) is 1.97. The Bertz CT molecular complexity index is 667. The van der Waals surface area contributed by atoms with Gasteiger partial charge in [-0.1, -0.05) is 18.9 Å². The molecule has 4 heteroatoms. The number of aryl methyl sites for hydroxylation is 1. The molecule has 0 aliphatic rings. The molecule has 1 aromatic heterocycles. The number of benzene rings is 1. The van der Waals surface area contributed by atoms with Crippen LogP contribution in [0.2, 0.25) is 0 Å². The third kappa shape index (κ3) is 3.31. The zero-order valence-electron chi connectivity index (χ0n) is 11.2. The van der Waals surface area contributed by atoms with Gasteiger partial charge in [0.15, 0.2) is 0 Å². The Labute approximate surface area is 127 Å². The summed E-state index contributed by atoms with van der Waals surface area (Å²) < 4.78 is 2.83. The minimum Gasteiger partial charge on any atom is -0.342 e. The molecule has 0 aliphatic carbocycles. The van der Waals surface area contributed by atoms with Crippen molar-refractivity contribution in [2.75, 3.05) is 5.32 Å². The first-order valence-corrected chi connectivity index (χ1v) is 7.17. The number of anilines is 1. The van der Waals surface area contributed by atoms with Crippen LogP contribution in [-0.2, 0) is 6.54 Å². The van der Waals surface area contributed by atoms with Gasteiger partial charge in [0.25, 0.3) is 5.91 Å². The topological polar surface area (TPSA) is 34.0 Å². The molecule has 0 bridgehead atoms. The van der Waals surface area contributed by atoms with Crippen LogP contribution >= 0.6 is 15.9 Å². The molecular weight excluding hydrogens is 316 g/mol. The van der Waals surface area contributed by atoms with E-state index >= 15 is 0 Å². The molecule has 1 heterocycles. The number of aromatic nitrogens is 1. The van der Waals surface area contributed by atoms with Crippen LogP contribution in [0.3, 0.4) is 0 Å². The summed E-state index contributed by atoms with van der Waals surface area (Å²) in [6.07, 6.45) is 8.23. The Morgan fingerprint density at radius 1 is 1.45 bits per heavy atom. The lowest BCUT2D eigenvalue weighted by Crippen LogP contribution is -2.16. The number of carbonyl (C=O) groups is 1. The maximum Gasteiger partial charge on any atom is 0.272 e. The van der Waals surface area contributed by atoms with Gasteiger partial charge in [-0.25, -0.2) is 0 Å².